The van der Waals surface area contributed by atoms with Crippen LogP contribution in [0.25, 0.3) is 10.4 Å². The largest absolute Gasteiger partial charge is 1.00 e. The number of rotatable bonds is 1. The topological polar surface area (TPSA) is 25.6 Å². The van der Waals surface area contributed by atoms with Gasteiger partial charge in [-0.2, -0.15) is 0 Å². The van der Waals surface area contributed by atoms with Gasteiger partial charge >= 0.3 is 0 Å². The van der Waals surface area contributed by atoms with Gasteiger partial charge in [-0.05, 0) is 22.8 Å². The van der Waals surface area contributed by atoms with Crippen LogP contribution in [0, 0.1) is 6.92 Å². The predicted octanol–water partition coefficient (Wildman–Crippen LogP) is -1.55. The summed E-state index contributed by atoms with van der Waals surface area (Å²) in [5.74, 6) is 0. The highest BCUT2D eigenvalue weighted by atomic mass is 35.5. The molecule has 1 aromatic carbocycles. The lowest BCUT2D eigenvalue weighted by Crippen LogP contribution is -3.00. The second-order valence-corrected chi connectivity index (χ2v) is 5.19. The number of halogens is 1. The lowest BCUT2D eigenvalue weighted by atomic mass is 10.1. The van der Waals surface area contributed by atoms with Crippen molar-refractivity contribution in [2.75, 3.05) is 0 Å². The average Bonchev–Trinajstić information content (AvgIpc) is 2.53. The lowest BCUT2D eigenvalue weighted by molar-refractivity contribution is -0.166. The highest BCUT2D eigenvalue weighted by molar-refractivity contribution is 7.69. The van der Waals surface area contributed by atoms with E-state index in [1.165, 1.54) is 16.0 Å². The average molecular weight is 244 g/mol. The number of hydrogen-bond donors (Lipinski definition) is 1. The minimum atomic E-state index is 0. The quantitative estimate of drug-likeness (QED) is 0.587. The number of hydrogen-bond acceptors (Lipinski definition) is 2. The first-order chi connectivity index (χ1) is 6.25. The Bertz CT molecular complexity index is 455. The van der Waals surface area contributed by atoms with Crippen LogP contribution < -0.4 is 22.5 Å². The van der Waals surface area contributed by atoms with E-state index in [0.29, 0.717) is 0 Å². The van der Waals surface area contributed by atoms with Gasteiger partial charge in [-0.15, -0.1) is 0 Å². The van der Waals surface area contributed by atoms with Gasteiger partial charge in [0, 0.05) is 6.07 Å². The first kappa shape index (κ1) is 11.4. The van der Waals surface area contributed by atoms with E-state index in [0.717, 1.165) is 4.67 Å². The third-order valence-corrected chi connectivity index (χ3v) is 4.13. The molecule has 14 heavy (non-hydrogen) atoms. The molecule has 2 rings (SSSR count). The van der Waals surface area contributed by atoms with Crippen LogP contribution in [0.2, 0.25) is 0 Å². The molecule has 0 saturated carbocycles. The van der Waals surface area contributed by atoms with E-state index in [2.05, 4.69) is 31.2 Å². The summed E-state index contributed by atoms with van der Waals surface area (Å²) in [4.78, 5) is 1.25. The zero-order chi connectivity index (χ0) is 9.26. The Labute approximate surface area is 96.4 Å². The lowest BCUT2D eigenvalue weighted by Gasteiger charge is -1.95. The predicted molar refractivity (Wildman–Crippen MR) is 57.4 cm³/mol. The molecule has 0 atom stereocenters. The summed E-state index contributed by atoms with van der Waals surface area (Å²) >= 11 is 0. The number of benzene rings is 1. The molecule has 2 aromatic rings. The van der Waals surface area contributed by atoms with Crippen molar-refractivity contribution in [2.45, 2.75) is 6.92 Å². The zero-order valence-corrected chi connectivity index (χ0v) is 10.0. The van der Waals surface area contributed by atoms with Crippen LogP contribution in [-0.4, -0.2) is 0 Å². The maximum Gasteiger partial charge on any atom is 0.264 e. The van der Waals surface area contributed by atoms with E-state index in [1.807, 2.05) is 6.07 Å². The fraction of sp³-hybridized carbons (Fsp3) is 0.100. The summed E-state index contributed by atoms with van der Waals surface area (Å²) < 4.78 is 0.889. The minimum Gasteiger partial charge on any atom is -1.00 e. The zero-order valence-electron chi connectivity index (χ0n) is 7.66. The second kappa shape index (κ2) is 4.73. The third-order valence-electron chi connectivity index (χ3n) is 1.84. The Morgan fingerprint density at radius 3 is 2.21 bits per heavy atom. The van der Waals surface area contributed by atoms with E-state index in [9.17, 15) is 0 Å². The fourth-order valence-electron chi connectivity index (χ4n) is 1.12. The smallest absolute Gasteiger partial charge is 0.264 e. The van der Waals surface area contributed by atoms with Crippen LogP contribution in [0.3, 0.4) is 0 Å². The van der Waals surface area contributed by atoms with Gasteiger partial charge in [0.25, 0.3) is 4.67 Å². The van der Waals surface area contributed by atoms with Crippen LogP contribution in [0.5, 0.6) is 0 Å². The van der Waals surface area contributed by atoms with Crippen molar-refractivity contribution in [2.24, 2.45) is 0 Å². The molecule has 0 aliphatic carbocycles. The summed E-state index contributed by atoms with van der Waals surface area (Å²) in [6, 6.07) is 10.5. The summed E-state index contributed by atoms with van der Waals surface area (Å²) in [6.45, 7) is 2.09. The molecule has 0 radical (unpaired) electrons. The Balaban J connectivity index is 0.000000980. The van der Waals surface area contributed by atoms with Crippen molar-refractivity contribution in [3.8, 4) is 10.4 Å². The molecule has 1 nitrogen and oxygen atoms in total. The number of nitrogens with two attached hydrogens (primary N) is 1. The molecule has 1 heterocycles. The second-order valence-electron chi connectivity index (χ2n) is 2.94. The molecular formula is C10H10ClNS2. The Morgan fingerprint density at radius 2 is 1.71 bits per heavy atom. The van der Waals surface area contributed by atoms with Gasteiger partial charge in [0.1, 0.15) is 0 Å². The number of aryl methyl sites for hydroxylation is 1. The maximum absolute atomic E-state index is 5.67. The molecule has 0 amide bonds. The first-order valence-electron chi connectivity index (χ1n) is 4.01. The van der Waals surface area contributed by atoms with E-state index in [1.54, 1.807) is 20.7 Å². The summed E-state index contributed by atoms with van der Waals surface area (Å²) in [7, 11) is 3.35. The highest BCUT2D eigenvalue weighted by Crippen LogP contribution is 2.24. The van der Waals surface area contributed by atoms with Crippen molar-refractivity contribution in [3.63, 3.8) is 0 Å². The molecule has 0 aliphatic rings. The van der Waals surface area contributed by atoms with Crippen LogP contribution in [-0.2, 0) is 0 Å². The fourth-order valence-corrected chi connectivity index (χ4v) is 3.09. The monoisotopic (exact) mass is 243 g/mol. The van der Waals surface area contributed by atoms with Crippen LogP contribution in [0.15, 0.2) is 30.3 Å². The Morgan fingerprint density at radius 1 is 1.07 bits per heavy atom. The van der Waals surface area contributed by atoms with E-state index >= 15 is 0 Å². The summed E-state index contributed by atoms with van der Waals surface area (Å²) in [6.07, 6.45) is 0. The van der Waals surface area contributed by atoms with Crippen molar-refractivity contribution >= 4 is 20.7 Å². The standard InChI is InChI=1S/C10H9NS2.ClH/c1-7-2-4-8(5-3-7)9-6-10(11)13-12-9;/h2-6,11H,1H3;1H. The van der Waals surface area contributed by atoms with Gasteiger partial charge in [0.05, 0.1) is 4.88 Å². The van der Waals surface area contributed by atoms with Gasteiger partial charge in [0.15, 0.2) is 0 Å². The minimum absolute atomic E-state index is 0. The third kappa shape index (κ3) is 2.44. The maximum atomic E-state index is 5.67. The normalized spacial score (nSPS) is 9.50. The molecule has 0 saturated heterocycles. The van der Waals surface area contributed by atoms with E-state index < -0.39 is 0 Å². The van der Waals surface area contributed by atoms with Gasteiger partial charge in [-0.25, -0.2) is 5.41 Å². The Kier molecular flexibility index (Phi) is 3.86. The molecule has 0 aliphatic heterocycles. The van der Waals surface area contributed by atoms with Crippen molar-refractivity contribution in [1.82, 2.24) is 0 Å². The van der Waals surface area contributed by atoms with Crippen LogP contribution >= 0.6 is 20.7 Å². The molecule has 0 unspecified atom stereocenters. The first-order valence-corrected chi connectivity index (χ1v) is 6.16. The molecule has 4 heteroatoms. The van der Waals surface area contributed by atoms with Crippen LogP contribution in [0.4, 0.5) is 0 Å². The van der Waals surface area contributed by atoms with Crippen LogP contribution in [0.1, 0.15) is 5.56 Å². The van der Waals surface area contributed by atoms with Gasteiger partial charge < -0.3 is 12.4 Å². The SMILES string of the molecule is Cc1ccc(-c2cc(=[NH2+])ss2)cc1.[Cl-]. The van der Waals surface area contributed by atoms with E-state index in [4.69, 9.17) is 5.41 Å². The van der Waals surface area contributed by atoms with Gasteiger partial charge in [-0.1, -0.05) is 40.2 Å². The highest BCUT2D eigenvalue weighted by Gasteiger charge is 2.00. The summed E-state index contributed by atoms with van der Waals surface area (Å²) in [5.41, 5.74) is 2.54. The van der Waals surface area contributed by atoms with Gasteiger partial charge in [0.2, 0.25) is 0 Å². The summed E-state index contributed by atoms with van der Waals surface area (Å²) in [5, 5.41) is 5.67. The van der Waals surface area contributed by atoms with Crippen molar-refractivity contribution < 1.29 is 17.8 Å². The van der Waals surface area contributed by atoms with E-state index in [-0.39, 0.29) is 12.4 Å². The molecule has 74 valence electrons. The van der Waals surface area contributed by atoms with Gasteiger partial charge in [-0.3, -0.25) is 0 Å². The molecule has 2 N–H and O–H groups in total. The molecule has 0 fully saturated rings. The molecule has 0 spiro atoms. The van der Waals surface area contributed by atoms with Crippen molar-refractivity contribution in [3.05, 3.63) is 40.6 Å². The molecular weight excluding hydrogens is 234 g/mol. The molecule has 1 aromatic heterocycles. The molecule has 0 bridgehead atoms. The Hall–Kier alpha value is -0.640. The van der Waals surface area contributed by atoms with Crippen molar-refractivity contribution in [1.29, 1.82) is 0 Å².